The third-order valence-electron chi connectivity index (χ3n) is 4.51. The molecule has 8 heteroatoms. The monoisotopic (exact) mass is 365 g/mol. The van der Waals surface area contributed by atoms with Gasteiger partial charge in [-0.2, -0.15) is 0 Å². The normalized spacial score (nSPS) is 16.6. The highest BCUT2D eigenvalue weighted by atomic mass is 32.1. The highest BCUT2D eigenvalue weighted by Crippen LogP contribution is 2.27. The van der Waals surface area contributed by atoms with Gasteiger partial charge >= 0.3 is 0 Å². The molecule has 1 aliphatic rings. The Morgan fingerprint density at radius 2 is 2.12 bits per heavy atom. The van der Waals surface area contributed by atoms with Gasteiger partial charge in [-0.15, -0.1) is 5.10 Å². The smallest absolute Gasteiger partial charge is 0.224 e. The first-order valence-corrected chi connectivity index (χ1v) is 9.58. The fourth-order valence-electron chi connectivity index (χ4n) is 2.92. The number of rotatable bonds is 5. The summed E-state index contributed by atoms with van der Waals surface area (Å²) in [5, 5.41) is 9.00. The van der Waals surface area contributed by atoms with Crippen LogP contribution in [-0.4, -0.2) is 58.3 Å². The van der Waals surface area contributed by atoms with E-state index in [1.54, 1.807) is 18.4 Å². The number of carbonyl (C=O) groups excluding carboxylic acids is 1. The summed E-state index contributed by atoms with van der Waals surface area (Å²) in [5.41, 5.74) is 1.09. The summed E-state index contributed by atoms with van der Waals surface area (Å²) in [7, 11) is 1.62. The number of piperidine rings is 1. The number of nitrogens with one attached hydrogen (secondary N) is 1. The maximum atomic E-state index is 12.0. The zero-order valence-corrected chi connectivity index (χ0v) is 16.2. The minimum Gasteiger partial charge on any atom is -0.384 e. The SMILES string of the molecule is COCCC(=O)N1CCC(Nc2nn3cc(C(C)(C)C)nc3s2)CC1. The van der Waals surface area contributed by atoms with Gasteiger partial charge in [-0.25, -0.2) is 9.50 Å². The molecule has 0 bridgehead atoms. The number of methoxy groups -OCH3 is 1. The Bertz CT molecular complexity index is 694. The maximum absolute atomic E-state index is 12.0. The molecule has 3 rings (SSSR count). The van der Waals surface area contributed by atoms with Crippen LogP contribution < -0.4 is 5.32 Å². The number of imidazole rings is 1. The Hall–Kier alpha value is -1.67. The molecule has 0 aliphatic carbocycles. The van der Waals surface area contributed by atoms with Gasteiger partial charge in [0.05, 0.1) is 24.9 Å². The van der Waals surface area contributed by atoms with Crippen molar-refractivity contribution in [1.82, 2.24) is 19.5 Å². The van der Waals surface area contributed by atoms with E-state index in [2.05, 4.69) is 36.2 Å². The molecule has 2 aromatic rings. The number of ether oxygens (including phenoxy) is 1. The summed E-state index contributed by atoms with van der Waals surface area (Å²) in [6.07, 6.45) is 4.35. The molecule has 1 amide bonds. The number of hydrogen-bond donors (Lipinski definition) is 1. The minimum atomic E-state index is 0.0309. The number of likely N-dealkylation sites (tertiary alicyclic amines) is 1. The molecule has 3 heterocycles. The van der Waals surface area contributed by atoms with E-state index in [1.165, 1.54) is 0 Å². The summed E-state index contributed by atoms with van der Waals surface area (Å²) in [6, 6.07) is 0.351. The molecular formula is C17H27N5O2S. The van der Waals surface area contributed by atoms with E-state index in [0.29, 0.717) is 19.1 Å². The standard InChI is InChI=1S/C17H27N5O2S/c1-17(2,3)13-11-22-16(19-13)25-15(20-22)18-12-5-8-21(9-6-12)14(23)7-10-24-4/h11-12H,5-10H2,1-4H3,(H,18,20). The topological polar surface area (TPSA) is 71.8 Å². The van der Waals surface area contributed by atoms with E-state index in [9.17, 15) is 4.79 Å². The summed E-state index contributed by atoms with van der Waals surface area (Å²) >= 11 is 1.58. The molecule has 0 aromatic carbocycles. The quantitative estimate of drug-likeness (QED) is 0.881. The molecule has 0 saturated carbocycles. The predicted molar refractivity (Wildman–Crippen MR) is 99.3 cm³/mol. The van der Waals surface area contributed by atoms with Gasteiger partial charge in [-0.1, -0.05) is 32.1 Å². The molecule has 7 nitrogen and oxygen atoms in total. The van der Waals surface area contributed by atoms with Gasteiger partial charge in [0.2, 0.25) is 16.0 Å². The molecule has 25 heavy (non-hydrogen) atoms. The first kappa shape index (κ1) is 18.1. The molecular weight excluding hydrogens is 338 g/mol. The Morgan fingerprint density at radius 1 is 1.40 bits per heavy atom. The fraction of sp³-hybridized carbons (Fsp3) is 0.706. The third kappa shape index (κ3) is 4.30. The van der Waals surface area contributed by atoms with Gasteiger partial charge in [0.1, 0.15) is 0 Å². The molecule has 0 atom stereocenters. The number of fused-ring (bicyclic) bond motifs is 1. The number of carbonyl (C=O) groups is 1. The van der Waals surface area contributed by atoms with Gasteiger partial charge in [-0.05, 0) is 12.8 Å². The van der Waals surface area contributed by atoms with Crippen molar-refractivity contribution in [2.45, 2.75) is 51.5 Å². The summed E-state index contributed by atoms with van der Waals surface area (Å²) in [6.45, 7) is 8.53. The fourth-order valence-corrected chi connectivity index (χ4v) is 3.77. The molecule has 1 saturated heterocycles. The number of nitrogens with zero attached hydrogens (tertiary/aromatic N) is 4. The van der Waals surface area contributed by atoms with Crippen molar-refractivity contribution in [1.29, 1.82) is 0 Å². The van der Waals surface area contributed by atoms with Crippen molar-refractivity contribution in [3.63, 3.8) is 0 Å². The number of anilines is 1. The molecule has 0 unspecified atom stereocenters. The van der Waals surface area contributed by atoms with E-state index in [1.807, 2.05) is 15.6 Å². The van der Waals surface area contributed by atoms with E-state index in [4.69, 9.17) is 4.74 Å². The van der Waals surface area contributed by atoms with Gasteiger partial charge in [0.25, 0.3) is 0 Å². The average Bonchev–Trinajstić information content (AvgIpc) is 3.11. The Morgan fingerprint density at radius 3 is 2.72 bits per heavy atom. The van der Waals surface area contributed by atoms with E-state index < -0.39 is 0 Å². The van der Waals surface area contributed by atoms with Crippen LogP contribution in [-0.2, 0) is 14.9 Å². The van der Waals surface area contributed by atoms with E-state index in [-0.39, 0.29) is 11.3 Å². The molecule has 2 aromatic heterocycles. The van der Waals surface area contributed by atoms with Gasteiger partial charge in [0.15, 0.2) is 0 Å². The lowest BCUT2D eigenvalue weighted by Crippen LogP contribution is -2.42. The lowest BCUT2D eigenvalue weighted by molar-refractivity contribution is -0.133. The van der Waals surface area contributed by atoms with Crippen molar-refractivity contribution in [2.24, 2.45) is 0 Å². The van der Waals surface area contributed by atoms with Crippen LogP contribution in [0.3, 0.4) is 0 Å². The number of aromatic nitrogens is 3. The molecule has 0 spiro atoms. The van der Waals surface area contributed by atoms with Crippen LogP contribution in [0, 0.1) is 0 Å². The van der Waals surface area contributed by atoms with Crippen LogP contribution >= 0.6 is 11.3 Å². The Balaban J connectivity index is 1.54. The second-order valence-electron chi connectivity index (χ2n) is 7.55. The van der Waals surface area contributed by atoms with E-state index in [0.717, 1.165) is 41.7 Å². The van der Waals surface area contributed by atoms with Crippen LogP contribution in [0.5, 0.6) is 0 Å². The molecule has 1 aliphatic heterocycles. The second-order valence-corrected chi connectivity index (χ2v) is 8.51. The largest absolute Gasteiger partial charge is 0.384 e. The minimum absolute atomic E-state index is 0.0309. The zero-order chi connectivity index (χ0) is 18.0. The highest BCUT2D eigenvalue weighted by Gasteiger charge is 2.24. The lowest BCUT2D eigenvalue weighted by Gasteiger charge is -2.32. The van der Waals surface area contributed by atoms with Gasteiger partial charge in [-0.3, -0.25) is 4.79 Å². The van der Waals surface area contributed by atoms with Crippen molar-refractivity contribution in [3.8, 4) is 0 Å². The van der Waals surface area contributed by atoms with E-state index >= 15 is 0 Å². The molecule has 1 fully saturated rings. The van der Waals surface area contributed by atoms with Crippen molar-refractivity contribution < 1.29 is 9.53 Å². The average molecular weight is 366 g/mol. The van der Waals surface area contributed by atoms with Crippen LogP contribution in [0.4, 0.5) is 5.13 Å². The zero-order valence-electron chi connectivity index (χ0n) is 15.4. The summed E-state index contributed by atoms with van der Waals surface area (Å²) in [5.74, 6) is 0.183. The Labute approximate surface area is 152 Å². The van der Waals surface area contributed by atoms with Crippen LogP contribution in [0.1, 0.15) is 45.7 Å². The van der Waals surface area contributed by atoms with Crippen molar-refractivity contribution in [2.75, 3.05) is 32.1 Å². The first-order chi connectivity index (χ1) is 11.9. The Kier molecular flexibility index (Phi) is 5.29. The summed E-state index contributed by atoms with van der Waals surface area (Å²) in [4.78, 5) is 19.5. The van der Waals surface area contributed by atoms with Crippen LogP contribution in [0.15, 0.2) is 6.20 Å². The van der Waals surface area contributed by atoms with Crippen molar-refractivity contribution in [3.05, 3.63) is 11.9 Å². The van der Waals surface area contributed by atoms with Gasteiger partial charge in [0, 0.05) is 31.7 Å². The molecule has 138 valence electrons. The van der Waals surface area contributed by atoms with Crippen LogP contribution in [0.25, 0.3) is 4.96 Å². The second kappa shape index (κ2) is 7.29. The molecule has 0 radical (unpaired) electrons. The number of amides is 1. The van der Waals surface area contributed by atoms with Crippen molar-refractivity contribution >= 4 is 27.3 Å². The first-order valence-electron chi connectivity index (χ1n) is 8.77. The molecule has 1 N–H and O–H groups in total. The highest BCUT2D eigenvalue weighted by molar-refractivity contribution is 7.20. The van der Waals surface area contributed by atoms with Gasteiger partial charge < -0.3 is 15.0 Å². The summed E-state index contributed by atoms with van der Waals surface area (Å²) < 4.78 is 6.84. The predicted octanol–water partition coefficient (Wildman–Crippen LogP) is 2.53. The third-order valence-corrected chi connectivity index (χ3v) is 5.36. The lowest BCUT2D eigenvalue weighted by atomic mass is 9.93. The van der Waals surface area contributed by atoms with Crippen LogP contribution in [0.2, 0.25) is 0 Å². The number of hydrogen-bond acceptors (Lipinski definition) is 6. The maximum Gasteiger partial charge on any atom is 0.224 e.